The number of carboxylic acid groups (broad SMARTS) is 1. The summed E-state index contributed by atoms with van der Waals surface area (Å²) in [5.41, 5.74) is -0.201. The van der Waals surface area contributed by atoms with Gasteiger partial charge in [-0.2, -0.15) is 0 Å². The van der Waals surface area contributed by atoms with Crippen LogP contribution in [0.4, 0.5) is 0 Å². The Morgan fingerprint density at radius 1 is 1.08 bits per heavy atom. The van der Waals surface area contributed by atoms with Crippen LogP contribution in [0, 0.1) is 5.92 Å². The molecular weight excluding hydrogens is 472 g/mol. The highest BCUT2D eigenvalue weighted by Gasteiger charge is 2.37. The third-order valence-electron chi connectivity index (χ3n) is 6.32. The maximum atomic E-state index is 13.1. The number of carbonyl (C=O) groups is 5. The van der Waals surface area contributed by atoms with Crippen molar-refractivity contribution in [2.75, 3.05) is 13.1 Å². The Balaban J connectivity index is 2.05. The smallest absolute Gasteiger partial charge is 0.326 e. The van der Waals surface area contributed by atoms with E-state index >= 15 is 0 Å². The summed E-state index contributed by atoms with van der Waals surface area (Å²) in [6.45, 7) is 5.06. The summed E-state index contributed by atoms with van der Waals surface area (Å²) in [6, 6.07) is 0.498. The number of nitrogens with one attached hydrogen (secondary N) is 3. The predicted octanol–water partition coefficient (Wildman–Crippen LogP) is 0.329. The van der Waals surface area contributed by atoms with Crippen LogP contribution in [-0.4, -0.2) is 81.0 Å². The van der Waals surface area contributed by atoms with E-state index in [1.165, 1.54) is 11.0 Å². The Labute approximate surface area is 209 Å². The van der Waals surface area contributed by atoms with Crippen LogP contribution in [0.1, 0.15) is 56.8 Å². The lowest BCUT2D eigenvalue weighted by Gasteiger charge is -2.29. The van der Waals surface area contributed by atoms with Crippen molar-refractivity contribution in [3.8, 4) is 11.5 Å². The molecule has 1 fully saturated rings. The Morgan fingerprint density at radius 3 is 2.39 bits per heavy atom. The fraction of sp³-hybridized carbons (Fsp3) is 0.542. The zero-order valence-electron chi connectivity index (χ0n) is 20.6. The van der Waals surface area contributed by atoms with Crippen molar-refractivity contribution in [3.05, 3.63) is 23.8 Å². The van der Waals surface area contributed by atoms with Crippen molar-refractivity contribution < 1.29 is 39.3 Å². The Bertz CT molecular complexity index is 998. The average molecular weight is 507 g/mol. The molecule has 0 unspecified atom stereocenters. The molecule has 6 N–H and O–H groups in total. The fourth-order valence-corrected chi connectivity index (χ4v) is 3.95. The largest absolute Gasteiger partial charge is 0.508 e. The molecule has 1 aliphatic rings. The molecule has 1 saturated heterocycles. The molecule has 198 valence electrons. The van der Waals surface area contributed by atoms with E-state index in [-0.39, 0.29) is 35.9 Å². The number of phenols is 2. The number of carboxylic acids is 1. The highest BCUT2D eigenvalue weighted by atomic mass is 16.4. The van der Waals surface area contributed by atoms with E-state index in [0.717, 1.165) is 12.1 Å². The number of nitrogens with zero attached hydrogens (tertiary/aromatic N) is 1. The summed E-state index contributed by atoms with van der Waals surface area (Å²) in [4.78, 5) is 63.6. The number of aliphatic carboxylic acids is 1. The maximum Gasteiger partial charge on any atom is 0.326 e. The number of phenolic OH excluding ortho intramolecular Hbond substituents is 2. The van der Waals surface area contributed by atoms with Crippen molar-refractivity contribution in [2.24, 2.45) is 5.92 Å². The van der Waals surface area contributed by atoms with Gasteiger partial charge in [0.05, 0.1) is 12.1 Å². The van der Waals surface area contributed by atoms with Gasteiger partial charge < -0.3 is 36.2 Å². The van der Waals surface area contributed by atoms with E-state index in [1.807, 2.05) is 6.92 Å². The summed E-state index contributed by atoms with van der Waals surface area (Å²) < 4.78 is 0. The standard InChI is InChI=1S/C24H34N4O8/c1-4-13(3)20(23(34)26-16(5-2)24(35)36)27-22(33)17-7-6-10-28(17)19(31)12-25-21(32)15-11-14(29)8-9-18(15)30/h8-9,11,13,16-17,20,29-30H,4-7,10,12H2,1-3H3,(H,25,32)(H,26,34)(H,27,33)(H,35,36)/t13-,16-,17-,20-/m0/s1. The monoisotopic (exact) mass is 506 g/mol. The molecule has 0 spiro atoms. The summed E-state index contributed by atoms with van der Waals surface area (Å²) >= 11 is 0. The van der Waals surface area contributed by atoms with Crippen LogP contribution in [0.5, 0.6) is 11.5 Å². The van der Waals surface area contributed by atoms with Gasteiger partial charge in [-0.1, -0.05) is 27.2 Å². The summed E-state index contributed by atoms with van der Waals surface area (Å²) in [6.07, 6.45) is 1.63. The molecule has 0 radical (unpaired) electrons. The minimum atomic E-state index is -1.17. The number of benzene rings is 1. The van der Waals surface area contributed by atoms with Gasteiger partial charge in [-0.05, 0) is 43.4 Å². The topological polar surface area (TPSA) is 185 Å². The van der Waals surface area contributed by atoms with Crippen molar-refractivity contribution in [1.29, 1.82) is 0 Å². The second-order valence-corrected chi connectivity index (χ2v) is 8.81. The molecule has 1 aromatic rings. The quantitative estimate of drug-likeness (QED) is 0.232. The highest BCUT2D eigenvalue weighted by Crippen LogP contribution is 2.22. The summed E-state index contributed by atoms with van der Waals surface area (Å²) in [5, 5.41) is 36.1. The normalized spacial score (nSPS) is 17.5. The molecular formula is C24H34N4O8. The molecule has 2 rings (SSSR count). The van der Waals surface area contributed by atoms with Crippen LogP contribution >= 0.6 is 0 Å². The molecule has 0 saturated carbocycles. The van der Waals surface area contributed by atoms with Gasteiger partial charge in [-0.25, -0.2) is 4.79 Å². The van der Waals surface area contributed by atoms with E-state index in [2.05, 4.69) is 16.0 Å². The van der Waals surface area contributed by atoms with Crippen LogP contribution in [-0.2, 0) is 19.2 Å². The van der Waals surface area contributed by atoms with Gasteiger partial charge in [0.15, 0.2) is 0 Å². The SMILES string of the molecule is CC[C@H](NC(=O)[C@@H](NC(=O)[C@@H]1CCCN1C(=O)CNC(=O)c1cc(O)ccc1O)[C@@H](C)CC)C(=O)O. The van der Waals surface area contributed by atoms with E-state index in [4.69, 9.17) is 0 Å². The van der Waals surface area contributed by atoms with Gasteiger partial charge in [-0.3, -0.25) is 19.2 Å². The number of hydrogen-bond acceptors (Lipinski definition) is 7. The van der Waals surface area contributed by atoms with Gasteiger partial charge >= 0.3 is 5.97 Å². The number of rotatable bonds is 11. The van der Waals surface area contributed by atoms with Gasteiger partial charge in [0.1, 0.15) is 29.6 Å². The van der Waals surface area contributed by atoms with Crippen LogP contribution in [0.25, 0.3) is 0 Å². The lowest BCUT2D eigenvalue weighted by atomic mass is 9.97. The lowest BCUT2D eigenvalue weighted by molar-refractivity contribution is -0.143. The predicted molar refractivity (Wildman–Crippen MR) is 128 cm³/mol. The molecule has 4 amide bonds. The van der Waals surface area contributed by atoms with E-state index in [9.17, 15) is 39.3 Å². The molecule has 0 aromatic heterocycles. The Hall–Kier alpha value is -3.83. The molecule has 36 heavy (non-hydrogen) atoms. The van der Waals surface area contributed by atoms with Gasteiger partial charge in [0.2, 0.25) is 17.7 Å². The van der Waals surface area contributed by atoms with E-state index in [0.29, 0.717) is 19.3 Å². The second kappa shape index (κ2) is 12.8. The zero-order chi connectivity index (χ0) is 27.0. The van der Waals surface area contributed by atoms with Crippen LogP contribution in [0.3, 0.4) is 0 Å². The first-order chi connectivity index (χ1) is 17.0. The Morgan fingerprint density at radius 2 is 1.78 bits per heavy atom. The molecule has 0 aliphatic carbocycles. The second-order valence-electron chi connectivity index (χ2n) is 8.81. The van der Waals surface area contributed by atoms with Crippen molar-refractivity contribution in [2.45, 2.75) is 64.6 Å². The summed E-state index contributed by atoms with van der Waals surface area (Å²) in [5.74, 6) is -4.50. The van der Waals surface area contributed by atoms with Gasteiger partial charge in [0.25, 0.3) is 5.91 Å². The number of likely N-dealkylation sites (tertiary alicyclic amines) is 1. The lowest BCUT2D eigenvalue weighted by Crippen LogP contribution is -2.57. The van der Waals surface area contributed by atoms with Gasteiger partial charge in [0, 0.05) is 6.54 Å². The summed E-state index contributed by atoms with van der Waals surface area (Å²) in [7, 11) is 0. The fourth-order valence-electron chi connectivity index (χ4n) is 3.95. The van der Waals surface area contributed by atoms with Crippen molar-refractivity contribution in [1.82, 2.24) is 20.9 Å². The first kappa shape index (κ1) is 28.4. The zero-order valence-corrected chi connectivity index (χ0v) is 20.6. The first-order valence-corrected chi connectivity index (χ1v) is 11.9. The number of amides is 4. The van der Waals surface area contributed by atoms with Crippen molar-refractivity contribution >= 4 is 29.6 Å². The molecule has 1 heterocycles. The highest BCUT2D eigenvalue weighted by molar-refractivity contribution is 5.99. The molecule has 1 aliphatic heterocycles. The first-order valence-electron chi connectivity index (χ1n) is 11.9. The maximum absolute atomic E-state index is 13.1. The molecule has 12 nitrogen and oxygen atoms in total. The Kier molecular flexibility index (Phi) is 10.1. The average Bonchev–Trinajstić information content (AvgIpc) is 3.34. The van der Waals surface area contributed by atoms with Crippen LogP contribution < -0.4 is 16.0 Å². The molecule has 1 aromatic carbocycles. The minimum absolute atomic E-state index is 0.180. The molecule has 12 heteroatoms. The number of carbonyl (C=O) groups excluding carboxylic acids is 4. The minimum Gasteiger partial charge on any atom is -0.508 e. The van der Waals surface area contributed by atoms with Crippen molar-refractivity contribution in [3.63, 3.8) is 0 Å². The van der Waals surface area contributed by atoms with Crippen LogP contribution in [0.15, 0.2) is 18.2 Å². The third-order valence-corrected chi connectivity index (χ3v) is 6.32. The van der Waals surface area contributed by atoms with Crippen LogP contribution in [0.2, 0.25) is 0 Å². The number of hydrogen-bond donors (Lipinski definition) is 6. The van der Waals surface area contributed by atoms with E-state index in [1.54, 1.807) is 13.8 Å². The molecule has 4 atom stereocenters. The van der Waals surface area contributed by atoms with Gasteiger partial charge in [-0.15, -0.1) is 0 Å². The third kappa shape index (κ3) is 7.09. The molecule has 0 bridgehead atoms. The number of aromatic hydroxyl groups is 2. The van der Waals surface area contributed by atoms with E-state index < -0.39 is 54.3 Å².